The first kappa shape index (κ1) is 11.2. The molecule has 0 bridgehead atoms. The van der Waals surface area contributed by atoms with E-state index in [1.807, 2.05) is 27.8 Å². The van der Waals surface area contributed by atoms with Gasteiger partial charge in [-0.15, -0.1) is 0 Å². The molecular formula is C10H18N2O2. The van der Waals surface area contributed by atoms with Gasteiger partial charge in [-0.25, -0.2) is 4.98 Å². The summed E-state index contributed by atoms with van der Waals surface area (Å²) in [5.74, 6) is 1.46. The molecular weight excluding hydrogens is 180 g/mol. The number of hydrogen-bond donors (Lipinski definition) is 1. The standard InChI is InChI=1S/C10H18N2O2/c1-10(2,3)13-7-8-5-12-9(14-8)6-11-4/h5,11H,6-7H2,1-4H3. The fourth-order valence-corrected chi connectivity index (χ4v) is 0.935. The Morgan fingerprint density at radius 2 is 2.21 bits per heavy atom. The first-order valence-electron chi connectivity index (χ1n) is 4.73. The summed E-state index contributed by atoms with van der Waals surface area (Å²) in [5, 5.41) is 2.97. The van der Waals surface area contributed by atoms with Crippen molar-refractivity contribution in [3.63, 3.8) is 0 Å². The summed E-state index contributed by atoms with van der Waals surface area (Å²) in [6.07, 6.45) is 1.71. The summed E-state index contributed by atoms with van der Waals surface area (Å²) in [5.41, 5.74) is -0.143. The van der Waals surface area contributed by atoms with E-state index in [1.165, 1.54) is 0 Å². The molecule has 1 aromatic rings. The molecule has 0 amide bonds. The number of oxazole rings is 1. The van der Waals surface area contributed by atoms with Gasteiger partial charge in [-0.1, -0.05) is 0 Å². The SMILES string of the molecule is CNCc1ncc(COC(C)(C)C)o1. The Bertz CT molecular complexity index is 276. The van der Waals surface area contributed by atoms with Crippen LogP contribution in [0.4, 0.5) is 0 Å². The van der Waals surface area contributed by atoms with Crippen molar-refractivity contribution in [1.29, 1.82) is 0 Å². The Morgan fingerprint density at radius 3 is 2.79 bits per heavy atom. The fourth-order valence-electron chi connectivity index (χ4n) is 0.935. The molecule has 0 saturated heterocycles. The van der Waals surface area contributed by atoms with Crippen molar-refractivity contribution in [2.24, 2.45) is 0 Å². The van der Waals surface area contributed by atoms with E-state index in [0.29, 0.717) is 19.0 Å². The number of nitrogens with zero attached hydrogens (tertiary/aromatic N) is 1. The molecule has 1 heterocycles. The fraction of sp³-hybridized carbons (Fsp3) is 0.700. The number of nitrogens with one attached hydrogen (secondary N) is 1. The first-order chi connectivity index (χ1) is 6.51. The molecule has 0 fully saturated rings. The number of ether oxygens (including phenoxy) is 1. The Hall–Kier alpha value is -0.870. The van der Waals surface area contributed by atoms with E-state index in [0.717, 1.165) is 5.76 Å². The van der Waals surface area contributed by atoms with Crippen LogP contribution in [-0.4, -0.2) is 17.6 Å². The summed E-state index contributed by atoms with van der Waals surface area (Å²) in [6.45, 7) is 7.16. The van der Waals surface area contributed by atoms with Gasteiger partial charge >= 0.3 is 0 Å². The molecule has 1 aromatic heterocycles. The van der Waals surface area contributed by atoms with Crippen LogP contribution in [0.5, 0.6) is 0 Å². The molecule has 0 aliphatic heterocycles. The zero-order valence-corrected chi connectivity index (χ0v) is 9.26. The molecule has 0 aliphatic carbocycles. The second-order valence-corrected chi connectivity index (χ2v) is 4.15. The van der Waals surface area contributed by atoms with Crippen LogP contribution in [0.3, 0.4) is 0 Å². The third-order valence-electron chi connectivity index (χ3n) is 1.58. The normalized spacial score (nSPS) is 12.0. The minimum atomic E-state index is -0.143. The molecule has 0 aromatic carbocycles. The molecule has 0 saturated carbocycles. The van der Waals surface area contributed by atoms with E-state index in [-0.39, 0.29) is 5.60 Å². The summed E-state index contributed by atoms with van der Waals surface area (Å²) >= 11 is 0. The van der Waals surface area contributed by atoms with Crippen molar-refractivity contribution in [1.82, 2.24) is 10.3 Å². The van der Waals surface area contributed by atoms with E-state index in [2.05, 4.69) is 10.3 Å². The smallest absolute Gasteiger partial charge is 0.208 e. The highest BCUT2D eigenvalue weighted by molar-refractivity contribution is 4.92. The number of hydrogen-bond acceptors (Lipinski definition) is 4. The van der Waals surface area contributed by atoms with Crippen molar-refractivity contribution in [2.45, 2.75) is 39.5 Å². The lowest BCUT2D eigenvalue weighted by molar-refractivity contribution is -0.0227. The lowest BCUT2D eigenvalue weighted by atomic mass is 10.2. The summed E-state index contributed by atoms with van der Waals surface area (Å²) in [4.78, 5) is 4.10. The Kier molecular flexibility index (Phi) is 3.66. The molecule has 1 N–H and O–H groups in total. The van der Waals surface area contributed by atoms with Crippen LogP contribution in [0.15, 0.2) is 10.6 Å². The largest absolute Gasteiger partial charge is 0.442 e. The predicted molar refractivity (Wildman–Crippen MR) is 53.8 cm³/mol. The van der Waals surface area contributed by atoms with Gasteiger partial charge in [0.2, 0.25) is 5.89 Å². The lowest BCUT2D eigenvalue weighted by Crippen LogP contribution is -2.18. The minimum absolute atomic E-state index is 0.143. The van der Waals surface area contributed by atoms with Crippen LogP contribution in [-0.2, 0) is 17.9 Å². The summed E-state index contributed by atoms with van der Waals surface area (Å²) in [6, 6.07) is 0. The highest BCUT2D eigenvalue weighted by atomic mass is 16.5. The van der Waals surface area contributed by atoms with Gasteiger partial charge in [-0.2, -0.15) is 0 Å². The molecule has 0 radical (unpaired) electrons. The van der Waals surface area contributed by atoms with Gasteiger partial charge in [0.05, 0.1) is 18.3 Å². The Balaban J connectivity index is 2.44. The van der Waals surface area contributed by atoms with E-state index in [1.54, 1.807) is 6.20 Å². The minimum Gasteiger partial charge on any atom is -0.442 e. The average Bonchev–Trinajstić information content (AvgIpc) is 2.49. The van der Waals surface area contributed by atoms with Gasteiger partial charge in [0.15, 0.2) is 0 Å². The lowest BCUT2D eigenvalue weighted by Gasteiger charge is -2.18. The van der Waals surface area contributed by atoms with Crippen LogP contribution >= 0.6 is 0 Å². The molecule has 14 heavy (non-hydrogen) atoms. The zero-order valence-electron chi connectivity index (χ0n) is 9.26. The monoisotopic (exact) mass is 198 g/mol. The van der Waals surface area contributed by atoms with Gasteiger partial charge in [-0.05, 0) is 27.8 Å². The second-order valence-electron chi connectivity index (χ2n) is 4.15. The van der Waals surface area contributed by atoms with Crippen molar-refractivity contribution < 1.29 is 9.15 Å². The van der Waals surface area contributed by atoms with Crippen LogP contribution in [0, 0.1) is 0 Å². The third-order valence-corrected chi connectivity index (χ3v) is 1.58. The van der Waals surface area contributed by atoms with E-state index < -0.39 is 0 Å². The molecule has 0 atom stereocenters. The van der Waals surface area contributed by atoms with Gasteiger partial charge in [-0.3, -0.25) is 0 Å². The predicted octanol–water partition coefficient (Wildman–Crippen LogP) is 1.71. The molecule has 0 unspecified atom stereocenters. The summed E-state index contributed by atoms with van der Waals surface area (Å²) < 4.78 is 11.0. The van der Waals surface area contributed by atoms with Gasteiger partial charge < -0.3 is 14.5 Å². The van der Waals surface area contributed by atoms with Crippen molar-refractivity contribution in [2.75, 3.05) is 7.05 Å². The molecule has 0 aliphatic rings. The van der Waals surface area contributed by atoms with Crippen molar-refractivity contribution >= 4 is 0 Å². The molecule has 4 heteroatoms. The number of rotatable bonds is 4. The molecule has 0 spiro atoms. The van der Waals surface area contributed by atoms with Crippen molar-refractivity contribution in [3.05, 3.63) is 17.8 Å². The van der Waals surface area contributed by atoms with Gasteiger partial charge in [0.25, 0.3) is 0 Å². The Morgan fingerprint density at radius 1 is 1.50 bits per heavy atom. The van der Waals surface area contributed by atoms with Crippen molar-refractivity contribution in [3.8, 4) is 0 Å². The average molecular weight is 198 g/mol. The van der Waals surface area contributed by atoms with Crippen LogP contribution in [0.25, 0.3) is 0 Å². The maximum absolute atomic E-state index is 5.55. The van der Waals surface area contributed by atoms with Crippen LogP contribution in [0.2, 0.25) is 0 Å². The maximum Gasteiger partial charge on any atom is 0.208 e. The van der Waals surface area contributed by atoms with Gasteiger partial charge in [0, 0.05) is 0 Å². The molecule has 4 nitrogen and oxygen atoms in total. The maximum atomic E-state index is 5.55. The third kappa shape index (κ3) is 3.89. The number of aromatic nitrogens is 1. The second kappa shape index (κ2) is 4.57. The van der Waals surface area contributed by atoms with Crippen LogP contribution in [0.1, 0.15) is 32.4 Å². The van der Waals surface area contributed by atoms with E-state index in [9.17, 15) is 0 Å². The summed E-state index contributed by atoms with van der Waals surface area (Å²) in [7, 11) is 1.86. The van der Waals surface area contributed by atoms with Crippen LogP contribution < -0.4 is 5.32 Å². The molecule has 1 rings (SSSR count). The Labute approximate surface area is 84.7 Å². The molecule has 80 valence electrons. The van der Waals surface area contributed by atoms with Gasteiger partial charge in [0.1, 0.15) is 12.4 Å². The van der Waals surface area contributed by atoms with E-state index >= 15 is 0 Å². The first-order valence-corrected chi connectivity index (χ1v) is 4.73. The van der Waals surface area contributed by atoms with E-state index in [4.69, 9.17) is 9.15 Å². The highest BCUT2D eigenvalue weighted by Crippen LogP contribution is 2.12. The zero-order chi connectivity index (χ0) is 10.6. The topological polar surface area (TPSA) is 47.3 Å². The quantitative estimate of drug-likeness (QED) is 0.800. The highest BCUT2D eigenvalue weighted by Gasteiger charge is 2.12.